The SMILES string of the molecule is CN1C(=O)CCc2cc(CCN3CCN(c4noc5ccccc45)CC3)ccc21. The first kappa shape index (κ1) is 18.2. The fourth-order valence-corrected chi connectivity index (χ4v) is 4.44. The first-order valence-electron chi connectivity index (χ1n) is 10.4. The molecule has 0 unspecified atom stereocenters. The lowest BCUT2D eigenvalue weighted by molar-refractivity contribution is -0.118. The zero-order chi connectivity index (χ0) is 19.8. The van der Waals surface area contributed by atoms with Crippen molar-refractivity contribution >= 4 is 28.4 Å². The Morgan fingerprint density at radius 3 is 2.72 bits per heavy atom. The van der Waals surface area contributed by atoms with Crippen molar-refractivity contribution in [1.29, 1.82) is 0 Å². The molecule has 1 fully saturated rings. The number of hydrogen-bond acceptors (Lipinski definition) is 5. The molecular formula is C23H26N4O2. The average Bonchev–Trinajstić information content (AvgIpc) is 3.19. The third kappa shape index (κ3) is 3.49. The van der Waals surface area contributed by atoms with Gasteiger partial charge in [0.1, 0.15) is 0 Å². The third-order valence-corrected chi connectivity index (χ3v) is 6.23. The summed E-state index contributed by atoms with van der Waals surface area (Å²) in [6.45, 7) is 5.05. The van der Waals surface area contributed by atoms with E-state index in [4.69, 9.17) is 4.52 Å². The van der Waals surface area contributed by atoms with Crippen LogP contribution in [0.4, 0.5) is 11.5 Å². The predicted molar refractivity (Wildman–Crippen MR) is 115 cm³/mol. The Morgan fingerprint density at radius 2 is 1.86 bits per heavy atom. The van der Waals surface area contributed by atoms with Gasteiger partial charge >= 0.3 is 0 Å². The molecule has 0 atom stereocenters. The number of piperazine rings is 1. The molecule has 6 heteroatoms. The van der Waals surface area contributed by atoms with E-state index in [1.807, 2.05) is 25.2 Å². The molecule has 3 heterocycles. The summed E-state index contributed by atoms with van der Waals surface area (Å²) < 4.78 is 5.46. The van der Waals surface area contributed by atoms with Gasteiger partial charge in [-0.25, -0.2) is 0 Å². The molecule has 2 aliphatic heterocycles. The van der Waals surface area contributed by atoms with E-state index in [9.17, 15) is 4.79 Å². The first-order valence-corrected chi connectivity index (χ1v) is 10.4. The normalized spacial score (nSPS) is 17.8. The predicted octanol–water partition coefficient (Wildman–Crippen LogP) is 3.10. The van der Waals surface area contributed by atoms with Gasteiger partial charge in [-0.1, -0.05) is 29.4 Å². The van der Waals surface area contributed by atoms with Gasteiger partial charge in [0, 0.05) is 51.9 Å². The molecule has 150 valence electrons. The number of fused-ring (bicyclic) bond motifs is 2. The quantitative estimate of drug-likeness (QED) is 0.685. The number of benzene rings is 2. The van der Waals surface area contributed by atoms with Gasteiger partial charge in [-0.2, -0.15) is 0 Å². The Morgan fingerprint density at radius 1 is 1.03 bits per heavy atom. The highest BCUT2D eigenvalue weighted by atomic mass is 16.5. The maximum atomic E-state index is 11.9. The number of amides is 1. The van der Waals surface area contributed by atoms with Crippen LogP contribution in [0.2, 0.25) is 0 Å². The van der Waals surface area contributed by atoms with Crippen molar-refractivity contribution in [3.05, 3.63) is 53.6 Å². The molecule has 29 heavy (non-hydrogen) atoms. The molecule has 2 aromatic carbocycles. The Kier molecular flexibility index (Phi) is 4.72. The fraction of sp³-hybridized carbons (Fsp3) is 0.391. The monoisotopic (exact) mass is 390 g/mol. The van der Waals surface area contributed by atoms with Gasteiger partial charge in [-0.3, -0.25) is 9.69 Å². The number of nitrogens with zero attached hydrogens (tertiary/aromatic N) is 4. The molecule has 0 aliphatic carbocycles. The number of carbonyl (C=O) groups excluding carboxylic acids is 1. The van der Waals surface area contributed by atoms with Crippen LogP contribution < -0.4 is 9.80 Å². The number of hydrogen-bond donors (Lipinski definition) is 0. The minimum absolute atomic E-state index is 0.211. The number of aromatic nitrogens is 1. The number of rotatable bonds is 4. The molecule has 0 spiro atoms. The molecular weight excluding hydrogens is 364 g/mol. The van der Waals surface area contributed by atoms with Crippen LogP contribution in [0.1, 0.15) is 17.5 Å². The van der Waals surface area contributed by atoms with Gasteiger partial charge in [-0.05, 0) is 42.2 Å². The lowest BCUT2D eigenvalue weighted by atomic mass is 9.98. The Hall–Kier alpha value is -2.86. The topological polar surface area (TPSA) is 52.8 Å². The number of aryl methyl sites for hydroxylation is 1. The molecule has 0 saturated carbocycles. The van der Waals surface area contributed by atoms with Crippen LogP contribution in [0.15, 0.2) is 47.0 Å². The van der Waals surface area contributed by atoms with E-state index in [0.717, 1.165) is 68.0 Å². The van der Waals surface area contributed by atoms with E-state index >= 15 is 0 Å². The summed E-state index contributed by atoms with van der Waals surface area (Å²) >= 11 is 0. The van der Waals surface area contributed by atoms with Crippen LogP contribution in [-0.2, 0) is 17.6 Å². The second-order valence-electron chi connectivity index (χ2n) is 8.00. The van der Waals surface area contributed by atoms with Crippen molar-refractivity contribution < 1.29 is 9.32 Å². The number of carbonyl (C=O) groups is 1. The summed E-state index contributed by atoms with van der Waals surface area (Å²) in [5, 5.41) is 5.39. The first-order chi connectivity index (χ1) is 14.2. The highest BCUT2D eigenvalue weighted by Gasteiger charge is 2.23. The Labute approximate surface area is 170 Å². The largest absolute Gasteiger partial charge is 0.354 e. The molecule has 1 saturated heterocycles. The van der Waals surface area contributed by atoms with E-state index in [-0.39, 0.29) is 5.91 Å². The van der Waals surface area contributed by atoms with Gasteiger partial charge in [0.05, 0.1) is 5.39 Å². The van der Waals surface area contributed by atoms with Crippen molar-refractivity contribution in [3.63, 3.8) is 0 Å². The zero-order valence-corrected chi connectivity index (χ0v) is 16.8. The summed E-state index contributed by atoms with van der Waals surface area (Å²) in [6.07, 6.45) is 2.51. The highest BCUT2D eigenvalue weighted by Crippen LogP contribution is 2.28. The van der Waals surface area contributed by atoms with Crippen molar-refractivity contribution in [1.82, 2.24) is 10.1 Å². The van der Waals surface area contributed by atoms with Gasteiger partial charge in [0.15, 0.2) is 11.4 Å². The summed E-state index contributed by atoms with van der Waals surface area (Å²) in [6, 6.07) is 14.6. The van der Waals surface area contributed by atoms with E-state index in [1.54, 1.807) is 4.90 Å². The van der Waals surface area contributed by atoms with E-state index in [1.165, 1.54) is 11.1 Å². The van der Waals surface area contributed by atoms with Crippen LogP contribution in [0, 0.1) is 0 Å². The second-order valence-corrected chi connectivity index (χ2v) is 8.00. The maximum Gasteiger partial charge on any atom is 0.227 e. The van der Waals surface area contributed by atoms with E-state index in [2.05, 4.69) is 39.2 Å². The van der Waals surface area contributed by atoms with Crippen LogP contribution in [0.3, 0.4) is 0 Å². The molecule has 0 radical (unpaired) electrons. The summed E-state index contributed by atoms with van der Waals surface area (Å²) in [5.74, 6) is 1.18. The lowest BCUT2D eigenvalue weighted by Crippen LogP contribution is -2.47. The number of anilines is 2. The Bertz CT molecular complexity index is 1040. The van der Waals surface area contributed by atoms with Gasteiger partial charge in [0.2, 0.25) is 5.91 Å². The summed E-state index contributed by atoms with van der Waals surface area (Å²) in [7, 11) is 1.87. The molecule has 1 amide bonds. The lowest BCUT2D eigenvalue weighted by Gasteiger charge is -2.34. The van der Waals surface area contributed by atoms with Crippen molar-refractivity contribution in [2.75, 3.05) is 49.6 Å². The standard InChI is InChI=1S/C23H26N4O2/c1-25-20-8-6-17(16-18(20)7-9-22(25)28)10-11-26-12-14-27(15-13-26)23-19-4-2-3-5-21(19)29-24-23/h2-6,8,16H,7,9-15H2,1H3. The van der Waals surface area contributed by atoms with Crippen molar-refractivity contribution in [2.45, 2.75) is 19.3 Å². The van der Waals surface area contributed by atoms with Gasteiger partial charge in [0.25, 0.3) is 0 Å². The number of para-hydroxylation sites is 1. The van der Waals surface area contributed by atoms with E-state index in [0.29, 0.717) is 6.42 Å². The van der Waals surface area contributed by atoms with Crippen molar-refractivity contribution in [2.24, 2.45) is 0 Å². The van der Waals surface area contributed by atoms with Crippen LogP contribution in [-0.4, -0.2) is 55.7 Å². The molecule has 2 aliphatic rings. The molecule has 0 bridgehead atoms. The summed E-state index contributed by atoms with van der Waals surface area (Å²) in [4.78, 5) is 18.5. The van der Waals surface area contributed by atoms with Gasteiger partial charge < -0.3 is 14.3 Å². The Balaban J connectivity index is 1.18. The van der Waals surface area contributed by atoms with Crippen LogP contribution in [0.25, 0.3) is 11.0 Å². The highest BCUT2D eigenvalue weighted by molar-refractivity contribution is 5.95. The minimum Gasteiger partial charge on any atom is -0.354 e. The fourth-order valence-electron chi connectivity index (χ4n) is 4.44. The molecule has 6 nitrogen and oxygen atoms in total. The smallest absolute Gasteiger partial charge is 0.227 e. The minimum atomic E-state index is 0.211. The van der Waals surface area contributed by atoms with Gasteiger partial charge in [-0.15, -0.1) is 0 Å². The maximum absolute atomic E-state index is 11.9. The molecule has 3 aromatic rings. The zero-order valence-electron chi connectivity index (χ0n) is 16.8. The summed E-state index contributed by atoms with van der Waals surface area (Å²) in [5.41, 5.74) is 4.58. The molecule has 5 rings (SSSR count). The van der Waals surface area contributed by atoms with Crippen LogP contribution >= 0.6 is 0 Å². The second kappa shape index (κ2) is 7.52. The molecule has 0 N–H and O–H groups in total. The third-order valence-electron chi connectivity index (χ3n) is 6.23. The molecule has 1 aromatic heterocycles. The average molecular weight is 390 g/mol. The van der Waals surface area contributed by atoms with Crippen LogP contribution in [0.5, 0.6) is 0 Å². The van der Waals surface area contributed by atoms with Crippen molar-refractivity contribution in [3.8, 4) is 0 Å². The van der Waals surface area contributed by atoms with E-state index < -0.39 is 0 Å².